The Bertz CT molecular complexity index is 1030. The molecule has 2 heterocycles. The highest BCUT2D eigenvalue weighted by molar-refractivity contribution is 5.88. The third-order valence-corrected chi connectivity index (χ3v) is 6.66. The van der Waals surface area contributed by atoms with Crippen LogP contribution in [-0.4, -0.2) is 17.7 Å². The number of hydrogen-bond acceptors (Lipinski definition) is 5. The standard InChI is InChI=1S/C25H30O5/c1-4-16(2)24(27)30-25(3,15-17-8-6-5-7-9-17)22-13-19-12-18-10-11-23(26)29-20(18)14-21(19)28-22/h4,10-12,14,17,22H,5-9,13,15H2,1-3H3. The Morgan fingerprint density at radius 3 is 2.73 bits per heavy atom. The summed E-state index contributed by atoms with van der Waals surface area (Å²) in [6, 6.07) is 6.99. The van der Waals surface area contributed by atoms with E-state index in [2.05, 4.69) is 0 Å². The minimum atomic E-state index is -0.727. The van der Waals surface area contributed by atoms with E-state index < -0.39 is 5.60 Å². The van der Waals surface area contributed by atoms with Crippen molar-refractivity contribution < 1.29 is 18.7 Å². The molecule has 1 aliphatic carbocycles. The fourth-order valence-corrected chi connectivity index (χ4v) is 4.76. The van der Waals surface area contributed by atoms with Crippen LogP contribution in [0.5, 0.6) is 5.75 Å². The summed E-state index contributed by atoms with van der Waals surface area (Å²) in [6.45, 7) is 5.64. The first-order valence-electron chi connectivity index (χ1n) is 11.0. The van der Waals surface area contributed by atoms with Gasteiger partial charge in [-0.2, -0.15) is 0 Å². The molecular weight excluding hydrogens is 380 g/mol. The molecule has 4 rings (SSSR count). The Hall–Kier alpha value is -2.56. The number of benzene rings is 1. The molecule has 160 valence electrons. The van der Waals surface area contributed by atoms with Gasteiger partial charge in [-0.3, -0.25) is 0 Å². The van der Waals surface area contributed by atoms with Gasteiger partial charge >= 0.3 is 11.6 Å². The highest BCUT2D eigenvalue weighted by Crippen LogP contribution is 2.41. The highest BCUT2D eigenvalue weighted by Gasteiger charge is 2.45. The quantitative estimate of drug-likeness (QED) is 0.378. The van der Waals surface area contributed by atoms with E-state index in [0.717, 1.165) is 17.4 Å². The number of ether oxygens (including phenoxy) is 2. The Labute approximate surface area is 177 Å². The van der Waals surface area contributed by atoms with Crippen LogP contribution >= 0.6 is 0 Å². The Kier molecular flexibility index (Phi) is 5.72. The average molecular weight is 411 g/mol. The van der Waals surface area contributed by atoms with Crippen molar-refractivity contribution in [3.8, 4) is 5.75 Å². The molecule has 2 aromatic rings. The van der Waals surface area contributed by atoms with Gasteiger partial charge in [0.2, 0.25) is 0 Å². The third-order valence-electron chi connectivity index (χ3n) is 6.66. The Morgan fingerprint density at radius 2 is 2.00 bits per heavy atom. The maximum atomic E-state index is 12.7. The summed E-state index contributed by atoms with van der Waals surface area (Å²) in [4.78, 5) is 24.3. The van der Waals surface area contributed by atoms with Crippen molar-refractivity contribution in [1.29, 1.82) is 0 Å². The lowest BCUT2D eigenvalue weighted by Gasteiger charge is -2.38. The summed E-state index contributed by atoms with van der Waals surface area (Å²) in [7, 11) is 0. The van der Waals surface area contributed by atoms with Gasteiger partial charge in [0.25, 0.3) is 0 Å². The molecular formula is C25H30O5. The number of fused-ring (bicyclic) bond motifs is 2. The number of esters is 1. The summed E-state index contributed by atoms with van der Waals surface area (Å²) >= 11 is 0. The molecule has 0 amide bonds. The molecule has 0 spiro atoms. The molecule has 0 radical (unpaired) electrons. The minimum absolute atomic E-state index is 0.272. The van der Waals surface area contributed by atoms with Crippen LogP contribution in [0, 0.1) is 5.92 Å². The van der Waals surface area contributed by atoms with Gasteiger partial charge in [-0.05, 0) is 50.8 Å². The van der Waals surface area contributed by atoms with Crippen molar-refractivity contribution in [3.63, 3.8) is 0 Å². The second kappa shape index (κ2) is 8.29. The number of carbonyl (C=O) groups excluding carboxylic acids is 1. The first-order chi connectivity index (χ1) is 14.4. The molecule has 1 fully saturated rings. The summed E-state index contributed by atoms with van der Waals surface area (Å²) in [5.74, 6) is 0.953. The normalized spacial score (nSPS) is 21.7. The van der Waals surface area contributed by atoms with Crippen LogP contribution in [0.25, 0.3) is 11.0 Å². The number of allylic oxidation sites excluding steroid dienone is 1. The van der Waals surface area contributed by atoms with Gasteiger partial charge in [0, 0.05) is 29.5 Å². The SMILES string of the molecule is CC=C(C)C(=O)OC(C)(CC1CCCCC1)C1Cc2cc3ccc(=O)oc3cc2O1. The molecule has 2 aliphatic rings. The van der Waals surface area contributed by atoms with Crippen molar-refractivity contribution >= 4 is 16.9 Å². The second-order valence-corrected chi connectivity index (χ2v) is 8.94. The summed E-state index contributed by atoms with van der Waals surface area (Å²) in [5.41, 5.74) is 1.06. The molecule has 2 unspecified atom stereocenters. The lowest BCUT2D eigenvalue weighted by molar-refractivity contribution is -0.165. The highest BCUT2D eigenvalue weighted by atomic mass is 16.6. The predicted molar refractivity (Wildman–Crippen MR) is 116 cm³/mol. The first-order valence-corrected chi connectivity index (χ1v) is 11.0. The van der Waals surface area contributed by atoms with Crippen molar-refractivity contribution in [3.05, 3.63) is 51.9 Å². The van der Waals surface area contributed by atoms with E-state index in [9.17, 15) is 9.59 Å². The van der Waals surface area contributed by atoms with E-state index in [1.54, 1.807) is 25.1 Å². The van der Waals surface area contributed by atoms with E-state index in [1.165, 1.54) is 38.2 Å². The molecule has 5 heteroatoms. The average Bonchev–Trinajstić information content (AvgIpc) is 3.15. The maximum absolute atomic E-state index is 12.7. The van der Waals surface area contributed by atoms with E-state index >= 15 is 0 Å². The topological polar surface area (TPSA) is 65.7 Å². The van der Waals surface area contributed by atoms with Gasteiger partial charge in [0.15, 0.2) is 0 Å². The molecule has 30 heavy (non-hydrogen) atoms. The molecule has 1 aliphatic heterocycles. The smallest absolute Gasteiger partial charge is 0.336 e. The van der Waals surface area contributed by atoms with Crippen molar-refractivity contribution in [2.24, 2.45) is 5.92 Å². The van der Waals surface area contributed by atoms with Crippen LogP contribution in [0.2, 0.25) is 0 Å². The van der Waals surface area contributed by atoms with Gasteiger partial charge in [0.1, 0.15) is 23.0 Å². The van der Waals surface area contributed by atoms with Crippen LogP contribution in [0.1, 0.15) is 64.9 Å². The molecule has 0 bridgehead atoms. The van der Waals surface area contributed by atoms with Gasteiger partial charge in [-0.25, -0.2) is 9.59 Å². The Morgan fingerprint density at radius 1 is 1.23 bits per heavy atom. The van der Waals surface area contributed by atoms with Gasteiger partial charge in [-0.1, -0.05) is 38.2 Å². The number of rotatable bonds is 5. The fourth-order valence-electron chi connectivity index (χ4n) is 4.76. The zero-order chi connectivity index (χ0) is 21.3. The molecule has 1 aromatic carbocycles. The Balaban J connectivity index is 1.62. The third kappa shape index (κ3) is 4.16. The number of carbonyl (C=O) groups is 1. The zero-order valence-electron chi connectivity index (χ0n) is 18.0. The van der Waals surface area contributed by atoms with Crippen molar-refractivity contribution in [2.75, 3.05) is 0 Å². The van der Waals surface area contributed by atoms with E-state index in [1.807, 2.05) is 19.9 Å². The lowest BCUT2D eigenvalue weighted by Crippen LogP contribution is -2.48. The van der Waals surface area contributed by atoms with Gasteiger partial charge in [-0.15, -0.1) is 0 Å². The molecule has 5 nitrogen and oxygen atoms in total. The zero-order valence-corrected chi connectivity index (χ0v) is 18.0. The second-order valence-electron chi connectivity index (χ2n) is 8.94. The summed E-state index contributed by atoms with van der Waals surface area (Å²) in [6.07, 6.45) is 9.06. The maximum Gasteiger partial charge on any atom is 0.336 e. The first kappa shape index (κ1) is 20.7. The van der Waals surface area contributed by atoms with E-state index in [-0.39, 0.29) is 17.7 Å². The van der Waals surface area contributed by atoms with Crippen molar-refractivity contribution in [1.82, 2.24) is 0 Å². The fraction of sp³-hybridized carbons (Fsp3) is 0.520. The van der Waals surface area contributed by atoms with Crippen molar-refractivity contribution in [2.45, 2.75) is 77.4 Å². The van der Waals surface area contributed by atoms with E-state index in [4.69, 9.17) is 13.9 Å². The van der Waals surface area contributed by atoms with Crippen LogP contribution in [-0.2, 0) is 16.0 Å². The lowest BCUT2D eigenvalue weighted by atomic mass is 9.78. The minimum Gasteiger partial charge on any atom is -0.485 e. The molecule has 0 N–H and O–H groups in total. The predicted octanol–water partition coefficient (Wildman–Crippen LogP) is 5.34. The summed E-state index contributed by atoms with van der Waals surface area (Å²) < 4.78 is 17.7. The number of hydrogen-bond donors (Lipinski definition) is 0. The molecule has 0 saturated heterocycles. The molecule has 1 saturated carbocycles. The van der Waals surface area contributed by atoms with Crippen LogP contribution in [0.15, 0.2) is 45.1 Å². The van der Waals surface area contributed by atoms with Crippen LogP contribution < -0.4 is 10.4 Å². The largest absolute Gasteiger partial charge is 0.485 e. The van der Waals surface area contributed by atoms with Crippen LogP contribution in [0.3, 0.4) is 0 Å². The van der Waals surface area contributed by atoms with Crippen LogP contribution in [0.4, 0.5) is 0 Å². The molecule has 1 aromatic heterocycles. The molecule has 2 atom stereocenters. The summed E-state index contributed by atoms with van der Waals surface area (Å²) in [5, 5.41) is 0.869. The van der Waals surface area contributed by atoms with E-state index in [0.29, 0.717) is 29.2 Å². The van der Waals surface area contributed by atoms with Gasteiger partial charge in [0.05, 0.1) is 0 Å². The monoisotopic (exact) mass is 410 g/mol. The van der Waals surface area contributed by atoms with Gasteiger partial charge < -0.3 is 13.9 Å².